The third-order valence-electron chi connectivity index (χ3n) is 5.89. The molecule has 0 spiro atoms. The number of sulfone groups is 1. The van der Waals surface area contributed by atoms with Gasteiger partial charge in [-0.05, 0) is 50.4 Å². The van der Waals surface area contributed by atoms with E-state index in [9.17, 15) is 8.42 Å². The van der Waals surface area contributed by atoms with Crippen LogP contribution in [0.25, 0.3) is 0 Å². The van der Waals surface area contributed by atoms with Crippen molar-refractivity contribution in [2.75, 3.05) is 6.26 Å². The number of hydrogen-bond donors (Lipinski definition) is 1. The van der Waals surface area contributed by atoms with Gasteiger partial charge < -0.3 is 5.73 Å². The topological polar surface area (TPSA) is 60.2 Å². The van der Waals surface area contributed by atoms with Crippen LogP contribution in [0.5, 0.6) is 0 Å². The molecule has 2 rings (SSSR count). The molecule has 0 aliphatic heterocycles. The summed E-state index contributed by atoms with van der Waals surface area (Å²) in [6, 6.07) is 0. The van der Waals surface area contributed by atoms with E-state index >= 15 is 0 Å². The zero-order valence-electron chi connectivity index (χ0n) is 13.1. The first-order chi connectivity index (χ1) is 9.35. The molecule has 3 nitrogen and oxygen atoms in total. The Hall–Kier alpha value is -0.0900. The predicted molar refractivity (Wildman–Crippen MR) is 84.4 cm³/mol. The third-order valence-corrected chi connectivity index (χ3v) is 7.53. The van der Waals surface area contributed by atoms with E-state index in [1.54, 1.807) is 0 Å². The van der Waals surface area contributed by atoms with E-state index in [0.717, 1.165) is 44.4 Å². The van der Waals surface area contributed by atoms with Crippen LogP contribution in [-0.4, -0.2) is 25.5 Å². The second-order valence-corrected chi connectivity index (χ2v) is 9.58. The van der Waals surface area contributed by atoms with Crippen molar-refractivity contribution < 1.29 is 8.42 Å². The Kier molecular flexibility index (Phi) is 5.17. The van der Waals surface area contributed by atoms with Crippen LogP contribution in [0.2, 0.25) is 0 Å². The van der Waals surface area contributed by atoms with E-state index in [2.05, 4.69) is 6.92 Å². The standard InChI is InChI=1S/C16H31NO2S/c1-3-13-6-5-10-16(17,11-9-13)14-7-4-8-15(12-14)20(2,18)19/h13-15H,3-12,17H2,1-2H3. The summed E-state index contributed by atoms with van der Waals surface area (Å²) in [4.78, 5) is 0. The van der Waals surface area contributed by atoms with E-state index in [1.165, 1.54) is 31.9 Å². The second-order valence-electron chi connectivity index (χ2n) is 7.25. The molecule has 4 heteroatoms. The third kappa shape index (κ3) is 3.76. The molecule has 0 amide bonds. The average molecular weight is 301 g/mol. The summed E-state index contributed by atoms with van der Waals surface area (Å²) >= 11 is 0. The van der Waals surface area contributed by atoms with E-state index in [0.29, 0.717) is 5.92 Å². The summed E-state index contributed by atoms with van der Waals surface area (Å²) in [7, 11) is -2.90. The van der Waals surface area contributed by atoms with Gasteiger partial charge in [-0.2, -0.15) is 0 Å². The van der Waals surface area contributed by atoms with Gasteiger partial charge in [0, 0.05) is 11.8 Å². The molecule has 0 bridgehead atoms. The molecule has 2 aliphatic rings. The molecule has 0 heterocycles. The fourth-order valence-electron chi connectivity index (χ4n) is 4.33. The van der Waals surface area contributed by atoms with Gasteiger partial charge in [0.15, 0.2) is 0 Å². The quantitative estimate of drug-likeness (QED) is 0.814. The van der Waals surface area contributed by atoms with Crippen LogP contribution in [0.1, 0.15) is 71.1 Å². The van der Waals surface area contributed by atoms with E-state index in [1.807, 2.05) is 0 Å². The molecule has 4 unspecified atom stereocenters. The molecular formula is C16H31NO2S. The largest absolute Gasteiger partial charge is 0.325 e. The monoisotopic (exact) mass is 301 g/mol. The van der Waals surface area contributed by atoms with Gasteiger partial charge in [0.2, 0.25) is 0 Å². The highest BCUT2D eigenvalue weighted by molar-refractivity contribution is 7.91. The van der Waals surface area contributed by atoms with Gasteiger partial charge in [0.1, 0.15) is 9.84 Å². The van der Waals surface area contributed by atoms with Crippen molar-refractivity contribution in [3.63, 3.8) is 0 Å². The number of hydrogen-bond acceptors (Lipinski definition) is 3. The molecule has 0 aromatic rings. The van der Waals surface area contributed by atoms with Gasteiger partial charge in [-0.1, -0.05) is 32.6 Å². The molecule has 2 fully saturated rings. The minimum atomic E-state index is -2.90. The minimum Gasteiger partial charge on any atom is -0.325 e. The van der Waals surface area contributed by atoms with Gasteiger partial charge in [0.05, 0.1) is 5.25 Å². The Bertz CT molecular complexity index is 420. The van der Waals surface area contributed by atoms with E-state index in [4.69, 9.17) is 5.73 Å². The molecule has 118 valence electrons. The van der Waals surface area contributed by atoms with Crippen molar-refractivity contribution in [1.29, 1.82) is 0 Å². The van der Waals surface area contributed by atoms with E-state index in [-0.39, 0.29) is 10.8 Å². The highest BCUT2D eigenvalue weighted by Crippen LogP contribution is 2.42. The number of nitrogens with two attached hydrogens (primary N) is 1. The van der Waals surface area contributed by atoms with Crippen molar-refractivity contribution in [1.82, 2.24) is 0 Å². The van der Waals surface area contributed by atoms with Crippen LogP contribution < -0.4 is 5.73 Å². The Morgan fingerprint density at radius 3 is 2.50 bits per heavy atom. The first-order valence-electron chi connectivity index (χ1n) is 8.33. The summed E-state index contributed by atoms with van der Waals surface area (Å²) in [5, 5.41) is -0.146. The lowest BCUT2D eigenvalue weighted by molar-refractivity contribution is 0.183. The summed E-state index contributed by atoms with van der Waals surface area (Å²) in [5.41, 5.74) is 6.66. The molecule has 4 atom stereocenters. The number of rotatable bonds is 3. The average Bonchev–Trinajstić information content (AvgIpc) is 2.61. The fourth-order valence-corrected chi connectivity index (χ4v) is 5.51. The molecule has 0 aromatic heterocycles. The van der Waals surface area contributed by atoms with Crippen LogP contribution in [0, 0.1) is 11.8 Å². The lowest BCUT2D eigenvalue weighted by Crippen LogP contribution is -2.49. The molecule has 2 aliphatic carbocycles. The van der Waals surface area contributed by atoms with E-state index < -0.39 is 9.84 Å². The van der Waals surface area contributed by atoms with Gasteiger partial charge in [-0.3, -0.25) is 0 Å². The molecule has 20 heavy (non-hydrogen) atoms. The summed E-state index contributed by atoms with van der Waals surface area (Å²) in [5.74, 6) is 1.24. The normalized spacial score (nSPS) is 40.2. The molecule has 2 N–H and O–H groups in total. The minimum absolute atomic E-state index is 0.104. The Balaban J connectivity index is 2.05. The van der Waals surface area contributed by atoms with Crippen LogP contribution in [0.15, 0.2) is 0 Å². The lowest BCUT2D eigenvalue weighted by atomic mass is 9.71. The summed E-state index contributed by atoms with van der Waals surface area (Å²) in [6.45, 7) is 2.27. The maximum atomic E-state index is 11.8. The zero-order chi connectivity index (χ0) is 14.8. The lowest BCUT2D eigenvalue weighted by Gasteiger charge is -2.41. The van der Waals surface area contributed by atoms with Gasteiger partial charge in [-0.15, -0.1) is 0 Å². The van der Waals surface area contributed by atoms with Gasteiger partial charge >= 0.3 is 0 Å². The van der Waals surface area contributed by atoms with Crippen molar-refractivity contribution in [2.24, 2.45) is 17.6 Å². The molecule has 2 saturated carbocycles. The molecule has 0 aromatic carbocycles. The van der Waals surface area contributed by atoms with Crippen LogP contribution in [0.4, 0.5) is 0 Å². The first kappa shape index (κ1) is 16.3. The van der Waals surface area contributed by atoms with Crippen LogP contribution >= 0.6 is 0 Å². The molecular weight excluding hydrogens is 270 g/mol. The Morgan fingerprint density at radius 1 is 1.10 bits per heavy atom. The SMILES string of the molecule is CCC1CCCC(N)(C2CCCC(S(C)(=O)=O)C2)CC1. The molecule has 0 radical (unpaired) electrons. The maximum Gasteiger partial charge on any atom is 0.150 e. The summed E-state index contributed by atoms with van der Waals surface area (Å²) in [6.07, 6.45) is 12.4. The van der Waals surface area contributed by atoms with Gasteiger partial charge in [0.25, 0.3) is 0 Å². The fraction of sp³-hybridized carbons (Fsp3) is 1.00. The highest BCUT2D eigenvalue weighted by atomic mass is 32.2. The molecule has 0 saturated heterocycles. The Labute approximate surface area is 124 Å². The smallest absolute Gasteiger partial charge is 0.150 e. The van der Waals surface area contributed by atoms with Crippen LogP contribution in [-0.2, 0) is 9.84 Å². The van der Waals surface area contributed by atoms with Gasteiger partial charge in [-0.25, -0.2) is 8.42 Å². The summed E-state index contributed by atoms with van der Waals surface area (Å²) < 4.78 is 23.7. The Morgan fingerprint density at radius 2 is 1.85 bits per heavy atom. The predicted octanol–water partition coefficient (Wildman–Crippen LogP) is 3.28. The van der Waals surface area contributed by atoms with Crippen molar-refractivity contribution >= 4 is 9.84 Å². The zero-order valence-corrected chi connectivity index (χ0v) is 13.9. The van der Waals surface area contributed by atoms with Crippen LogP contribution in [0.3, 0.4) is 0 Å². The second kappa shape index (κ2) is 6.35. The van der Waals surface area contributed by atoms with Crippen molar-refractivity contribution in [3.8, 4) is 0 Å². The van der Waals surface area contributed by atoms with Crippen molar-refractivity contribution in [2.45, 2.75) is 81.9 Å². The first-order valence-corrected chi connectivity index (χ1v) is 10.3. The van der Waals surface area contributed by atoms with Crippen molar-refractivity contribution in [3.05, 3.63) is 0 Å². The maximum absolute atomic E-state index is 11.8. The highest BCUT2D eigenvalue weighted by Gasteiger charge is 2.41.